The summed E-state index contributed by atoms with van der Waals surface area (Å²) in [6.07, 6.45) is 8.17. The van der Waals surface area contributed by atoms with Crippen molar-refractivity contribution in [1.82, 2.24) is 5.32 Å². The molecule has 1 unspecified atom stereocenters. The molecule has 0 spiro atoms. The Morgan fingerprint density at radius 1 is 0.778 bits per heavy atom. The first kappa shape index (κ1) is 21.7. The lowest BCUT2D eigenvalue weighted by atomic mass is 10.0. The molecule has 5 heteroatoms. The van der Waals surface area contributed by atoms with Crippen molar-refractivity contribution in [2.24, 2.45) is 0 Å². The minimum absolute atomic E-state index is 0.309. The smallest absolute Gasteiger partial charge is 0.313 e. The third-order valence-corrected chi connectivity index (χ3v) is 4.98. The van der Waals surface area contributed by atoms with E-state index in [0.29, 0.717) is 6.61 Å². The van der Waals surface area contributed by atoms with Gasteiger partial charge in [0.25, 0.3) is 0 Å². The second-order valence-corrected chi connectivity index (χ2v) is 7.55. The Labute approximate surface area is 163 Å². The van der Waals surface area contributed by atoms with E-state index in [1.165, 1.54) is 48.8 Å². The molecule has 2 N–H and O–H groups in total. The van der Waals surface area contributed by atoms with E-state index in [1.807, 2.05) is 0 Å². The lowest BCUT2D eigenvalue weighted by molar-refractivity contribution is 0.276. The maximum Gasteiger partial charge on any atom is 0.694 e. The predicted octanol–water partition coefficient (Wildman–Crippen LogP) is 5.18. The molecule has 0 heterocycles. The zero-order valence-corrected chi connectivity index (χ0v) is 16.9. The van der Waals surface area contributed by atoms with E-state index in [-0.39, 0.29) is 0 Å². The normalized spacial score (nSPS) is 11.5. The summed E-state index contributed by atoms with van der Waals surface area (Å²) in [4.78, 5) is 8.53. The first-order valence-electron chi connectivity index (χ1n) is 9.85. The molecule has 0 aliphatic heterocycles. The summed E-state index contributed by atoms with van der Waals surface area (Å²) in [5, 5.41) is 3.32. The van der Waals surface area contributed by atoms with Crippen LogP contribution in [0.2, 0.25) is 0 Å². The summed E-state index contributed by atoms with van der Waals surface area (Å²) in [5.74, 6) is 0. The van der Waals surface area contributed by atoms with Gasteiger partial charge in [-0.1, -0.05) is 67.4 Å². The van der Waals surface area contributed by atoms with E-state index in [1.54, 1.807) is 0 Å². The van der Waals surface area contributed by atoms with Crippen LogP contribution in [0.5, 0.6) is 0 Å². The second-order valence-electron chi connectivity index (χ2n) is 6.82. The lowest BCUT2D eigenvalue weighted by Gasteiger charge is -2.06. The van der Waals surface area contributed by atoms with Gasteiger partial charge >= 0.3 is 8.25 Å². The minimum atomic E-state index is -2.47. The van der Waals surface area contributed by atoms with Gasteiger partial charge < -0.3 is 5.32 Å². The molecule has 1 atom stereocenters. The molecule has 0 aliphatic rings. The van der Waals surface area contributed by atoms with Crippen molar-refractivity contribution in [1.29, 1.82) is 0 Å². The van der Waals surface area contributed by atoms with E-state index >= 15 is 0 Å². The van der Waals surface area contributed by atoms with E-state index < -0.39 is 8.25 Å². The molecule has 0 fully saturated rings. The molecule has 0 amide bonds. The fraction of sp³-hybridized carbons (Fsp3) is 0.455. The highest BCUT2D eigenvalue weighted by molar-refractivity contribution is 7.32. The molecule has 2 aromatic rings. The third kappa shape index (κ3) is 10.4. The number of benzene rings is 2. The zero-order chi connectivity index (χ0) is 19.2. The average Bonchev–Trinajstić information content (AvgIpc) is 2.69. The summed E-state index contributed by atoms with van der Waals surface area (Å²) in [6, 6.07) is 19.5. The Balaban J connectivity index is 1.50. The molecule has 27 heavy (non-hydrogen) atoms. The Kier molecular flexibility index (Phi) is 10.9. The summed E-state index contributed by atoms with van der Waals surface area (Å²) < 4.78 is 15.0. The molecule has 0 saturated heterocycles. The summed E-state index contributed by atoms with van der Waals surface area (Å²) in [6.45, 7) is 1.89. The predicted molar refractivity (Wildman–Crippen MR) is 111 cm³/mol. The first-order chi connectivity index (χ1) is 13.2. The van der Waals surface area contributed by atoms with Gasteiger partial charge in [0.2, 0.25) is 0 Å². The topological polar surface area (TPSA) is 58.6 Å². The van der Waals surface area contributed by atoms with Crippen LogP contribution in [0.15, 0.2) is 54.6 Å². The van der Waals surface area contributed by atoms with Crippen molar-refractivity contribution in [2.75, 3.05) is 13.2 Å². The van der Waals surface area contributed by atoms with E-state index in [0.717, 1.165) is 25.9 Å². The van der Waals surface area contributed by atoms with Crippen LogP contribution < -0.4 is 5.32 Å². The molecule has 0 aliphatic carbocycles. The molecular weight excluding hydrogens is 357 g/mol. The van der Waals surface area contributed by atoms with Crippen molar-refractivity contribution in [3.63, 3.8) is 0 Å². The monoisotopic (exact) mass is 388 g/mol. The van der Waals surface area contributed by atoms with Crippen LogP contribution in [-0.4, -0.2) is 18.0 Å². The van der Waals surface area contributed by atoms with Gasteiger partial charge in [-0.25, -0.2) is 0 Å². The van der Waals surface area contributed by atoms with Crippen LogP contribution in [-0.2, 0) is 28.5 Å². The molecule has 146 valence electrons. The van der Waals surface area contributed by atoms with Crippen LogP contribution in [0.25, 0.3) is 0 Å². The zero-order valence-electron chi connectivity index (χ0n) is 16.0. The van der Waals surface area contributed by atoms with Crippen molar-refractivity contribution >= 4 is 8.25 Å². The maximum atomic E-state index is 10.4. The SMILES string of the molecule is O=[P+](O)OCCCNCc1ccc(CCCCCCc2ccccc2)cc1. The number of nitrogens with one attached hydrogen (secondary N) is 1. The molecule has 2 aromatic carbocycles. The Hall–Kier alpha value is -1.58. The van der Waals surface area contributed by atoms with E-state index in [2.05, 4.69) is 64.4 Å². The summed E-state index contributed by atoms with van der Waals surface area (Å²) in [7, 11) is -2.47. The highest BCUT2D eigenvalue weighted by atomic mass is 31.1. The van der Waals surface area contributed by atoms with Crippen molar-refractivity contribution < 1.29 is 14.0 Å². The Bertz CT molecular complexity index is 646. The van der Waals surface area contributed by atoms with Crippen molar-refractivity contribution in [3.8, 4) is 0 Å². The number of unbranched alkanes of at least 4 members (excludes halogenated alkanes) is 3. The third-order valence-electron chi connectivity index (χ3n) is 4.58. The van der Waals surface area contributed by atoms with Crippen LogP contribution in [0.4, 0.5) is 0 Å². The number of hydrogen-bond acceptors (Lipinski definition) is 3. The largest absolute Gasteiger partial charge is 0.694 e. The number of aryl methyl sites for hydroxylation is 2. The molecule has 2 rings (SSSR count). The maximum absolute atomic E-state index is 10.4. The van der Waals surface area contributed by atoms with Crippen molar-refractivity contribution in [2.45, 2.75) is 51.5 Å². The fourth-order valence-electron chi connectivity index (χ4n) is 3.05. The molecule has 4 nitrogen and oxygen atoms in total. The van der Waals surface area contributed by atoms with Gasteiger partial charge in [-0.05, 0) is 55.3 Å². The molecule has 0 radical (unpaired) electrons. The first-order valence-corrected chi connectivity index (χ1v) is 11.0. The van der Waals surface area contributed by atoms with Crippen LogP contribution >= 0.6 is 8.25 Å². The highest BCUT2D eigenvalue weighted by Crippen LogP contribution is 2.14. The van der Waals surface area contributed by atoms with Crippen LogP contribution in [0.1, 0.15) is 48.8 Å². The second kappa shape index (κ2) is 13.6. The summed E-state index contributed by atoms with van der Waals surface area (Å²) >= 11 is 0. The molecule has 0 aromatic heterocycles. The van der Waals surface area contributed by atoms with Crippen LogP contribution in [0, 0.1) is 0 Å². The molecular formula is C22H31NO3P+. The van der Waals surface area contributed by atoms with Gasteiger partial charge in [0.05, 0.1) is 0 Å². The highest BCUT2D eigenvalue weighted by Gasteiger charge is 2.09. The van der Waals surface area contributed by atoms with Gasteiger partial charge in [0.1, 0.15) is 6.61 Å². The van der Waals surface area contributed by atoms with Crippen LogP contribution in [0.3, 0.4) is 0 Å². The number of rotatable bonds is 14. The van der Waals surface area contributed by atoms with Crippen molar-refractivity contribution in [3.05, 3.63) is 71.3 Å². The van der Waals surface area contributed by atoms with E-state index in [4.69, 9.17) is 4.89 Å². The van der Waals surface area contributed by atoms with Gasteiger partial charge in [-0.2, -0.15) is 0 Å². The van der Waals surface area contributed by atoms with Gasteiger partial charge in [-0.15, -0.1) is 9.42 Å². The molecule has 0 saturated carbocycles. The van der Waals surface area contributed by atoms with E-state index in [9.17, 15) is 4.57 Å². The average molecular weight is 388 g/mol. The Morgan fingerprint density at radius 2 is 1.37 bits per heavy atom. The quantitative estimate of drug-likeness (QED) is 0.346. The summed E-state index contributed by atoms with van der Waals surface area (Å²) in [5.41, 5.74) is 4.11. The minimum Gasteiger partial charge on any atom is -0.313 e. The standard InChI is InChI=1S/C22H30NO3P/c24-27(25)26-18-8-17-23-19-22-15-13-21(14-16-22)12-5-2-1-4-9-20-10-6-3-7-11-20/h3,6-7,10-11,13-16,23H,1-2,4-5,8-9,12,17-19H2/p+1. The Morgan fingerprint density at radius 3 is 2.00 bits per heavy atom. The van der Waals surface area contributed by atoms with Gasteiger partial charge in [0.15, 0.2) is 0 Å². The molecule has 0 bridgehead atoms. The number of hydrogen-bond donors (Lipinski definition) is 2. The fourth-order valence-corrected chi connectivity index (χ4v) is 3.34. The van der Waals surface area contributed by atoms with Gasteiger partial charge in [-0.3, -0.25) is 0 Å². The lowest BCUT2D eigenvalue weighted by Crippen LogP contribution is -2.15. The van der Waals surface area contributed by atoms with Gasteiger partial charge in [0, 0.05) is 11.1 Å².